The van der Waals surface area contributed by atoms with E-state index in [4.69, 9.17) is 4.74 Å². The molecule has 0 spiro atoms. The Labute approximate surface area is 139 Å². The molecular formula is C18H17FN2O3. The molecule has 2 aromatic rings. The van der Waals surface area contributed by atoms with Gasteiger partial charge in [-0.3, -0.25) is 9.59 Å². The summed E-state index contributed by atoms with van der Waals surface area (Å²) in [5, 5.41) is 4.97. The van der Waals surface area contributed by atoms with Gasteiger partial charge in [0, 0.05) is 24.3 Å². The molecule has 0 unspecified atom stereocenters. The molecule has 0 aromatic heterocycles. The first-order valence-electron chi connectivity index (χ1n) is 7.19. The first kappa shape index (κ1) is 17.2. The van der Waals surface area contributed by atoms with Crippen LogP contribution in [0, 0.1) is 5.82 Å². The van der Waals surface area contributed by atoms with Crippen molar-refractivity contribution in [3.63, 3.8) is 0 Å². The predicted octanol–water partition coefficient (Wildman–Crippen LogP) is 3.44. The first-order valence-corrected chi connectivity index (χ1v) is 7.19. The normalized spacial score (nSPS) is 10.5. The zero-order valence-electron chi connectivity index (χ0n) is 13.3. The average molecular weight is 328 g/mol. The molecule has 0 atom stereocenters. The van der Waals surface area contributed by atoms with Gasteiger partial charge in [-0.1, -0.05) is 18.2 Å². The molecule has 0 aliphatic rings. The van der Waals surface area contributed by atoms with Gasteiger partial charge in [0.1, 0.15) is 11.6 Å². The fraction of sp³-hybridized carbons (Fsp3) is 0.111. The smallest absolute Gasteiger partial charge is 0.248 e. The van der Waals surface area contributed by atoms with E-state index in [-0.39, 0.29) is 11.6 Å². The summed E-state index contributed by atoms with van der Waals surface area (Å²) in [6.07, 6.45) is 2.85. The van der Waals surface area contributed by atoms with Crippen LogP contribution >= 0.6 is 0 Å². The monoisotopic (exact) mass is 328 g/mol. The number of amides is 2. The molecule has 0 bridgehead atoms. The lowest BCUT2D eigenvalue weighted by molar-refractivity contribution is -0.114. The van der Waals surface area contributed by atoms with Gasteiger partial charge in [0.2, 0.25) is 11.8 Å². The van der Waals surface area contributed by atoms with Crippen molar-refractivity contribution in [2.75, 3.05) is 17.7 Å². The molecule has 0 fully saturated rings. The summed E-state index contributed by atoms with van der Waals surface area (Å²) in [5.41, 5.74) is 1.10. The van der Waals surface area contributed by atoms with Gasteiger partial charge in [0.25, 0.3) is 0 Å². The standard InChI is InChI=1S/C18H17FN2O3/c1-12(22)20-14-8-9-15(19)16(11-14)21-18(23)10-7-13-5-3-4-6-17(13)24-2/h3-11H,1-2H3,(H,20,22)(H,21,23)/b10-7+. The van der Waals surface area contributed by atoms with Crippen LogP contribution in [0.15, 0.2) is 48.5 Å². The number of carbonyl (C=O) groups is 2. The van der Waals surface area contributed by atoms with E-state index in [9.17, 15) is 14.0 Å². The highest BCUT2D eigenvalue weighted by Crippen LogP contribution is 2.21. The second-order valence-electron chi connectivity index (χ2n) is 4.94. The Morgan fingerprint density at radius 1 is 1.12 bits per heavy atom. The van der Waals surface area contributed by atoms with Crippen molar-refractivity contribution in [3.05, 3.63) is 59.9 Å². The lowest BCUT2D eigenvalue weighted by atomic mass is 10.2. The van der Waals surface area contributed by atoms with Crippen LogP contribution in [0.5, 0.6) is 5.75 Å². The Balaban J connectivity index is 2.12. The van der Waals surface area contributed by atoms with Crippen molar-refractivity contribution in [1.29, 1.82) is 0 Å². The molecule has 0 saturated carbocycles. The third-order valence-electron chi connectivity index (χ3n) is 3.10. The third kappa shape index (κ3) is 4.67. The minimum absolute atomic E-state index is 0.0177. The number of benzene rings is 2. The van der Waals surface area contributed by atoms with Gasteiger partial charge in [-0.25, -0.2) is 4.39 Å². The fourth-order valence-corrected chi connectivity index (χ4v) is 2.05. The molecule has 0 saturated heterocycles. The summed E-state index contributed by atoms with van der Waals surface area (Å²) in [6, 6.07) is 11.1. The second-order valence-corrected chi connectivity index (χ2v) is 4.94. The zero-order chi connectivity index (χ0) is 17.5. The predicted molar refractivity (Wildman–Crippen MR) is 91.4 cm³/mol. The number of hydrogen-bond acceptors (Lipinski definition) is 3. The van der Waals surface area contributed by atoms with Gasteiger partial charge < -0.3 is 15.4 Å². The number of anilines is 2. The Morgan fingerprint density at radius 3 is 2.58 bits per heavy atom. The van der Waals surface area contributed by atoms with Crippen molar-refractivity contribution in [2.24, 2.45) is 0 Å². The molecule has 2 amide bonds. The van der Waals surface area contributed by atoms with Crippen LogP contribution in [0.1, 0.15) is 12.5 Å². The molecule has 2 aromatic carbocycles. The lowest BCUT2D eigenvalue weighted by Gasteiger charge is -2.08. The number of para-hydroxylation sites is 1. The number of rotatable bonds is 5. The maximum absolute atomic E-state index is 13.8. The maximum atomic E-state index is 13.8. The molecule has 2 rings (SSSR count). The van der Waals surface area contributed by atoms with Crippen LogP contribution in [-0.4, -0.2) is 18.9 Å². The van der Waals surface area contributed by atoms with Gasteiger partial charge in [-0.2, -0.15) is 0 Å². The largest absolute Gasteiger partial charge is 0.496 e. The Morgan fingerprint density at radius 2 is 1.88 bits per heavy atom. The van der Waals surface area contributed by atoms with Crippen molar-refractivity contribution >= 4 is 29.3 Å². The van der Waals surface area contributed by atoms with Gasteiger partial charge in [-0.05, 0) is 30.3 Å². The van der Waals surface area contributed by atoms with Crippen LogP contribution in [-0.2, 0) is 9.59 Å². The summed E-state index contributed by atoms with van der Waals surface area (Å²) in [7, 11) is 1.54. The van der Waals surface area contributed by atoms with Gasteiger partial charge in [-0.15, -0.1) is 0 Å². The van der Waals surface area contributed by atoms with E-state index < -0.39 is 11.7 Å². The molecular weight excluding hydrogens is 311 g/mol. The summed E-state index contributed by atoms with van der Waals surface area (Å²) in [4.78, 5) is 23.0. The minimum Gasteiger partial charge on any atom is -0.496 e. The van der Waals surface area contributed by atoms with Crippen LogP contribution in [0.25, 0.3) is 6.08 Å². The highest BCUT2D eigenvalue weighted by molar-refractivity contribution is 6.02. The van der Waals surface area contributed by atoms with E-state index in [1.807, 2.05) is 12.1 Å². The SMILES string of the molecule is COc1ccccc1/C=C/C(=O)Nc1cc(NC(C)=O)ccc1F. The van der Waals surface area contributed by atoms with E-state index in [1.165, 1.54) is 38.3 Å². The minimum atomic E-state index is -0.594. The molecule has 0 aliphatic heterocycles. The second kappa shape index (κ2) is 7.92. The number of ether oxygens (including phenoxy) is 1. The van der Waals surface area contributed by atoms with Crippen LogP contribution in [0.4, 0.5) is 15.8 Å². The fourth-order valence-electron chi connectivity index (χ4n) is 2.05. The summed E-state index contributed by atoms with van der Waals surface area (Å²) in [6.45, 7) is 1.34. The first-order chi connectivity index (χ1) is 11.5. The molecule has 24 heavy (non-hydrogen) atoms. The van der Waals surface area contributed by atoms with Gasteiger partial charge >= 0.3 is 0 Å². The zero-order valence-corrected chi connectivity index (χ0v) is 13.3. The Bertz CT molecular complexity index is 788. The molecule has 6 heteroatoms. The number of carbonyl (C=O) groups excluding carboxylic acids is 2. The van der Waals surface area contributed by atoms with Gasteiger partial charge in [0.15, 0.2) is 0 Å². The molecule has 5 nitrogen and oxygen atoms in total. The Hall–Kier alpha value is -3.15. The summed E-state index contributed by atoms with van der Waals surface area (Å²) in [5.74, 6) is -0.752. The average Bonchev–Trinajstić information content (AvgIpc) is 2.55. The molecule has 124 valence electrons. The van der Waals surface area contributed by atoms with E-state index in [1.54, 1.807) is 18.2 Å². The van der Waals surface area contributed by atoms with Crippen molar-refractivity contribution in [3.8, 4) is 5.75 Å². The highest BCUT2D eigenvalue weighted by Gasteiger charge is 2.07. The number of nitrogens with one attached hydrogen (secondary N) is 2. The van der Waals surface area contributed by atoms with Gasteiger partial charge in [0.05, 0.1) is 12.8 Å². The highest BCUT2D eigenvalue weighted by atomic mass is 19.1. The van der Waals surface area contributed by atoms with E-state index in [2.05, 4.69) is 10.6 Å². The number of methoxy groups -OCH3 is 1. The van der Waals surface area contributed by atoms with E-state index in [0.717, 1.165) is 5.56 Å². The van der Waals surface area contributed by atoms with Crippen LogP contribution in [0.3, 0.4) is 0 Å². The molecule has 0 heterocycles. The molecule has 0 radical (unpaired) electrons. The summed E-state index contributed by atoms with van der Waals surface area (Å²) < 4.78 is 19.0. The van der Waals surface area contributed by atoms with E-state index in [0.29, 0.717) is 11.4 Å². The third-order valence-corrected chi connectivity index (χ3v) is 3.10. The summed E-state index contributed by atoms with van der Waals surface area (Å²) >= 11 is 0. The van der Waals surface area contributed by atoms with Crippen LogP contribution < -0.4 is 15.4 Å². The lowest BCUT2D eigenvalue weighted by Crippen LogP contribution is -2.11. The number of halogens is 1. The topological polar surface area (TPSA) is 67.4 Å². The maximum Gasteiger partial charge on any atom is 0.248 e. The van der Waals surface area contributed by atoms with Crippen molar-refractivity contribution in [1.82, 2.24) is 0 Å². The number of hydrogen-bond donors (Lipinski definition) is 2. The van der Waals surface area contributed by atoms with Crippen molar-refractivity contribution < 1.29 is 18.7 Å². The van der Waals surface area contributed by atoms with Crippen LogP contribution in [0.2, 0.25) is 0 Å². The quantitative estimate of drug-likeness (QED) is 0.826. The molecule has 0 aliphatic carbocycles. The Kier molecular flexibility index (Phi) is 5.68. The van der Waals surface area contributed by atoms with Crippen molar-refractivity contribution in [2.45, 2.75) is 6.92 Å². The molecule has 2 N–H and O–H groups in total. The van der Waals surface area contributed by atoms with E-state index >= 15 is 0 Å².